The van der Waals surface area contributed by atoms with Crippen LogP contribution in [-0.2, 0) is 6.42 Å². The Morgan fingerprint density at radius 3 is 2.83 bits per heavy atom. The molecule has 3 heteroatoms. The summed E-state index contributed by atoms with van der Waals surface area (Å²) in [5, 5.41) is 4.16. The summed E-state index contributed by atoms with van der Waals surface area (Å²) in [6, 6.07) is 2.13. The first-order valence-corrected chi connectivity index (χ1v) is 7.16. The standard InChI is InChI=1S/C15H22N2O/c1-3-4-13-9-15(18-16-13)11(2)14-10-17-7-5-12(14)6-8-17/h9,12H,3-8,10H2,1-2H3/b14-11+. The zero-order valence-corrected chi connectivity index (χ0v) is 11.4. The van der Waals surface area contributed by atoms with E-state index < -0.39 is 0 Å². The third-order valence-corrected chi connectivity index (χ3v) is 4.39. The quantitative estimate of drug-likeness (QED) is 0.820. The summed E-state index contributed by atoms with van der Waals surface area (Å²) >= 11 is 0. The number of nitrogens with zero attached hydrogens (tertiary/aromatic N) is 2. The topological polar surface area (TPSA) is 29.3 Å². The van der Waals surface area contributed by atoms with E-state index in [2.05, 4.69) is 30.0 Å². The lowest BCUT2D eigenvalue weighted by Crippen LogP contribution is -2.43. The van der Waals surface area contributed by atoms with Crippen LogP contribution in [0.3, 0.4) is 0 Å². The molecule has 4 rings (SSSR count). The van der Waals surface area contributed by atoms with E-state index in [0.717, 1.165) is 36.8 Å². The number of hydrogen-bond donors (Lipinski definition) is 0. The van der Waals surface area contributed by atoms with Crippen LogP contribution in [0, 0.1) is 5.92 Å². The Balaban J connectivity index is 1.85. The van der Waals surface area contributed by atoms with E-state index >= 15 is 0 Å². The SMILES string of the molecule is CCCc1cc(/C(C)=C2\CN3CCC2CC3)on1. The Morgan fingerprint density at radius 1 is 1.44 bits per heavy atom. The summed E-state index contributed by atoms with van der Waals surface area (Å²) in [6.45, 7) is 8.07. The molecule has 0 unspecified atom stereocenters. The van der Waals surface area contributed by atoms with E-state index in [0.29, 0.717) is 0 Å². The highest BCUT2D eigenvalue weighted by atomic mass is 16.5. The maximum absolute atomic E-state index is 5.51. The van der Waals surface area contributed by atoms with Crippen LogP contribution < -0.4 is 0 Å². The average molecular weight is 246 g/mol. The molecular formula is C15H22N2O. The van der Waals surface area contributed by atoms with Crippen LogP contribution in [0.2, 0.25) is 0 Å². The van der Waals surface area contributed by atoms with Crippen LogP contribution in [0.1, 0.15) is 44.6 Å². The molecule has 1 aromatic heterocycles. The number of rotatable bonds is 3. The smallest absolute Gasteiger partial charge is 0.162 e. The largest absolute Gasteiger partial charge is 0.356 e. The number of allylic oxidation sites excluding steroid dienone is 1. The molecule has 0 spiro atoms. The van der Waals surface area contributed by atoms with Crippen molar-refractivity contribution in [1.29, 1.82) is 0 Å². The highest BCUT2D eigenvalue weighted by Gasteiger charge is 2.31. The predicted molar refractivity (Wildman–Crippen MR) is 72.3 cm³/mol. The lowest BCUT2D eigenvalue weighted by molar-refractivity contribution is 0.162. The van der Waals surface area contributed by atoms with Gasteiger partial charge >= 0.3 is 0 Å². The van der Waals surface area contributed by atoms with Crippen LogP contribution in [0.5, 0.6) is 0 Å². The van der Waals surface area contributed by atoms with E-state index in [1.165, 1.54) is 31.5 Å². The lowest BCUT2D eigenvalue weighted by atomic mass is 9.81. The van der Waals surface area contributed by atoms with E-state index in [1.54, 1.807) is 5.57 Å². The maximum atomic E-state index is 5.51. The monoisotopic (exact) mass is 246 g/mol. The van der Waals surface area contributed by atoms with Gasteiger partial charge in [0.1, 0.15) is 0 Å². The first-order chi connectivity index (χ1) is 8.78. The molecule has 3 saturated heterocycles. The Hall–Kier alpha value is -1.09. The molecule has 0 radical (unpaired) electrons. The molecule has 98 valence electrons. The van der Waals surface area contributed by atoms with Gasteiger partial charge in [-0.15, -0.1) is 0 Å². The highest BCUT2D eigenvalue weighted by Crippen LogP contribution is 2.36. The molecule has 3 nitrogen and oxygen atoms in total. The van der Waals surface area contributed by atoms with Crippen LogP contribution >= 0.6 is 0 Å². The van der Waals surface area contributed by atoms with Gasteiger partial charge in [-0.1, -0.05) is 18.5 Å². The van der Waals surface area contributed by atoms with E-state index in [9.17, 15) is 0 Å². The van der Waals surface area contributed by atoms with Gasteiger partial charge < -0.3 is 4.52 Å². The molecule has 0 aliphatic carbocycles. The van der Waals surface area contributed by atoms with Crippen LogP contribution in [0.25, 0.3) is 5.57 Å². The van der Waals surface area contributed by atoms with E-state index in [1.807, 2.05) is 0 Å². The molecule has 18 heavy (non-hydrogen) atoms. The molecule has 3 fully saturated rings. The van der Waals surface area contributed by atoms with Crippen LogP contribution in [-0.4, -0.2) is 29.7 Å². The van der Waals surface area contributed by atoms with Gasteiger partial charge in [-0.2, -0.15) is 0 Å². The summed E-state index contributed by atoms with van der Waals surface area (Å²) in [5.74, 6) is 1.77. The minimum absolute atomic E-state index is 0.787. The van der Waals surface area contributed by atoms with Crippen molar-refractivity contribution >= 4 is 5.57 Å². The number of aromatic nitrogens is 1. The van der Waals surface area contributed by atoms with Crippen molar-refractivity contribution in [2.45, 2.75) is 39.5 Å². The van der Waals surface area contributed by atoms with Gasteiger partial charge in [0.2, 0.25) is 0 Å². The summed E-state index contributed by atoms with van der Waals surface area (Å²) in [4.78, 5) is 2.56. The van der Waals surface area contributed by atoms with Crippen LogP contribution in [0.15, 0.2) is 16.2 Å². The van der Waals surface area contributed by atoms with Crippen molar-refractivity contribution in [3.8, 4) is 0 Å². The molecule has 2 bridgehead atoms. The third-order valence-electron chi connectivity index (χ3n) is 4.39. The van der Waals surface area contributed by atoms with Gasteiger partial charge in [-0.05, 0) is 56.3 Å². The van der Waals surface area contributed by atoms with Crippen LogP contribution in [0.4, 0.5) is 0 Å². The molecule has 1 aromatic rings. The second-order valence-electron chi connectivity index (χ2n) is 5.63. The van der Waals surface area contributed by atoms with Gasteiger partial charge in [0, 0.05) is 12.6 Å². The van der Waals surface area contributed by atoms with Crippen molar-refractivity contribution in [3.05, 3.63) is 23.1 Å². The van der Waals surface area contributed by atoms with Crippen molar-refractivity contribution in [3.63, 3.8) is 0 Å². The number of fused-ring (bicyclic) bond motifs is 3. The fourth-order valence-corrected chi connectivity index (χ4v) is 3.26. The van der Waals surface area contributed by atoms with Crippen molar-refractivity contribution < 1.29 is 4.52 Å². The fourth-order valence-electron chi connectivity index (χ4n) is 3.26. The minimum Gasteiger partial charge on any atom is -0.356 e. The molecule has 0 atom stereocenters. The normalized spacial score (nSPS) is 29.7. The second-order valence-corrected chi connectivity index (χ2v) is 5.63. The number of hydrogen-bond acceptors (Lipinski definition) is 3. The predicted octanol–water partition coefficient (Wildman–Crippen LogP) is 3.13. The van der Waals surface area contributed by atoms with Gasteiger partial charge in [-0.3, -0.25) is 4.90 Å². The summed E-state index contributed by atoms with van der Waals surface area (Å²) in [6.07, 6.45) is 4.78. The van der Waals surface area contributed by atoms with Gasteiger partial charge in [-0.25, -0.2) is 0 Å². The Morgan fingerprint density at radius 2 is 2.22 bits per heavy atom. The van der Waals surface area contributed by atoms with Crippen molar-refractivity contribution in [2.75, 3.05) is 19.6 Å². The van der Waals surface area contributed by atoms with E-state index in [-0.39, 0.29) is 0 Å². The fraction of sp³-hybridized carbons (Fsp3) is 0.667. The van der Waals surface area contributed by atoms with E-state index in [4.69, 9.17) is 4.52 Å². The zero-order chi connectivity index (χ0) is 12.5. The molecule has 3 aliphatic rings. The second kappa shape index (κ2) is 4.88. The molecular weight excluding hydrogens is 224 g/mol. The minimum atomic E-state index is 0.787. The van der Waals surface area contributed by atoms with Crippen molar-refractivity contribution in [1.82, 2.24) is 10.1 Å². The summed E-state index contributed by atoms with van der Waals surface area (Å²) < 4.78 is 5.51. The first kappa shape index (κ1) is 12.0. The lowest BCUT2D eigenvalue weighted by Gasteiger charge is -2.41. The third kappa shape index (κ3) is 2.12. The number of aryl methyl sites for hydroxylation is 1. The Kier molecular flexibility index (Phi) is 3.25. The highest BCUT2D eigenvalue weighted by molar-refractivity contribution is 5.64. The Bertz CT molecular complexity index is 453. The Labute approximate surface area is 109 Å². The first-order valence-electron chi connectivity index (χ1n) is 7.16. The molecule has 3 aliphatic heterocycles. The molecule has 0 amide bonds. The van der Waals surface area contributed by atoms with Gasteiger partial charge in [0.25, 0.3) is 0 Å². The van der Waals surface area contributed by atoms with Gasteiger partial charge in [0.05, 0.1) is 5.69 Å². The number of piperidine rings is 3. The van der Waals surface area contributed by atoms with Gasteiger partial charge in [0.15, 0.2) is 5.76 Å². The molecule has 0 saturated carbocycles. The summed E-state index contributed by atoms with van der Waals surface area (Å²) in [5.41, 5.74) is 4.01. The maximum Gasteiger partial charge on any atom is 0.162 e. The average Bonchev–Trinajstić information content (AvgIpc) is 2.88. The van der Waals surface area contributed by atoms with Crippen molar-refractivity contribution in [2.24, 2.45) is 5.92 Å². The zero-order valence-electron chi connectivity index (χ0n) is 11.4. The molecule has 0 N–H and O–H groups in total. The molecule has 4 heterocycles. The molecule has 0 aromatic carbocycles. The summed E-state index contributed by atoms with van der Waals surface area (Å²) in [7, 11) is 0.